The number of ether oxygens (including phenoxy) is 1. The van der Waals surface area contributed by atoms with E-state index in [-0.39, 0.29) is 22.5 Å². The fourth-order valence-electron chi connectivity index (χ4n) is 4.25. The van der Waals surface area contributed by atoms with Crippen molar-refractivity contribution in [3.05, 3.63) is 59.8 Å². The minimum absolute atomic E-state index is 0.0138. The summed E-state index contributed by atoms with van der Waals surface area (Å²) in [5, 5.41) is 9.42. The van der Waals surface area contributed by atoms with Gasteiger partial charge in [0.1, 0.15) is 5.75 Å². The maximum atomic E-state index is 13.5. The third kappa shape index (κ3) is 4.74. The second kappa shape index (κ2) is 8.79. The first-order valence-corrected chi connectivity index (χ1v) is 13.3. The smallest absolute Gasteiger partial charge is 0.335 e. The molecule has 9 heteroatoms. The lowest BCUT2D eigenvalue weighted by molar-refractivity contribution is 0.0696. The maximum Gasteiger partial charge on any atom is 0.335 e. The Morgan fingerprint density at radius 3 is 2.52 bits per heavy atom. The molecule has 1 heterocycles. The molecule has 0 aliphatic heterocycles. The van der Waals surface area contributed by atoms with E-state index in [4.69, 9.17) is 4.74 Å². The van der Waals surface area contributed by atoms with Crippen molar-refractivity contribution in [3.63, 3.8) is 0 Å². The van der Waals surface area contributed by atoms with Crippen molar-refractivity contribution in [2.24, 2.45) is 0 Å². The van der Waals surface area contributed by atoms with Gasteiger partial charge in [0.15, 0.2) is 0 Å². The summed E-state index contributed by atoms with van der Waals surface area (Å²) in [5.41, 5.74) is 1.77. The number of hydrogen-bond donors (Lipinski definition) is 2. The Labute approximate surface area is 196 Å². The molecule has 3 aromatic rings. The minimum Gasteiger partial charge on any atom is -0.488 e. The number of aromatic nitrogens is 1. The van der Waals surface area contributed by atoms with Gasteiger partial charge in [0.25, 0.3) is 10.0 Å². The number of nitrogens with one attached hydrogen (secondary N) is 1. The molecule has 0 amide bonds. The van der Waals surface area contributed by atoms with Crippen LogP contribution in [0.2, 0.25) is 0 Å². The molecule has 0 atom stereocenters. The lowest BCUT2D eigenvalue weighted by Gasteiger charge is -2.19. The molecular formula is C24H24N2O5S2. The van der Waals surface area contributed by atoms with Gasteiger partial charge in [0.05, 0.1) is 27.1 Å². The van der Waals surface area contributed by atoms with E-state index in [2.05, 4.69) is 9.10 Å². The van der Waals surface area contributed by atoms with Crippen LogP contribution in [0.5, 0.6) is 5.75 Å². The van der Waals surface area contributed by atoms with Crippen molar-refractivity contribution in [2.75, 3.05) is 4.72 Å². The lowest BCUT2D eigenvalue weighted by atomic mass is 10.1. The normalized spacial score (nSPS) is 16.6. The van der Waals surface area contributed by atoms with E-state index in [1.165, 1.54) is 23.7 Å². The van der Waals surface area contributed by atoms with Crippen LogP contribution >= 0.6 is 11.5 Å². The molecular weight excluding hydrogens is 460 g/mol. The van der Waals surface area contributed by atoms with Gasteiger partial charge in [0, 0.05) is 6.20 Å². The number of rotatable bonds is 8. The number of sulfonamides is 1. The van der Waals surface area contributed by atoms with Crippen LogP contribution in [0.15, 0.2) is 53.6 Å². The number of anilines is 1. The maximum absolute atomic E-state index is 13.5. The van der Waals surface area contributed by atoms with E-state index in [1.54, 1.807) is 24.4 Å². The Bertz CT molecular complexity index is 1280. The summed E-state index contributed by atoms with van der Waals surface area (Å²) in [4.78, 5) is 12.4. The summed E-state index contributed by atoms with van der Waals surface area (Å²) >= 11 is 1.32. The van der Waals surface area contributed by atoms with Crippen molar-refractivity contribution in [3.8, 4) is 16.2 Å². The van der Waals surface area contributed by atoms with Crippen molar-refractivity contribution >= 4 is 33.2 Å². The van der Waals surface area contributed by atoms with E-state index in [0.29, 0.717) is 17.0 Å². The van der Waals surface area contributed by atoms with Crippen molar-refractivity contribution < 1.29 is 23.1 Å². The molecule has 0 bridgehead atoms. The number of carboxylic acid groups (broad SMARTS) is 1. The number of nitrogens with zero attached hydrogens (tertiary/aromatic N) is 1. The summed E-state index contributed by atoms with van der Waals surface area (Å²) in [7, 11) is -4.05. The monoisotopic (exact) mass is 484 g/mol. The number of aromatic carboxylic acids is 1. The van der Waals surface area contributed by atoms with Gasteiger partial charge in [-0.15, -0.1) is 0 Å². The Balaban J connectivity index is 1.54. The zero-order chi connectivity index (χ0) is 23.0. The third-order valence-corrected chi connectivity index (χ3v) is 8.33. The predicted molar refractivity (Wildman–Crippen MR) is 127 cm³/mol. The van der Waals surface area contributed by atoms with Gasteiger partial charge in [-0.2, -0.15) is 0 Å². The SMILES string of the molecule is O=C(O)c1ccc(C2CC2)c(S(=O)(=O)Nc2cc(-c3ccns3)ccc2OC2CCCC2)c1. The van der Waals surface area contributed by atoms with Crippen LogP contribution in [-0.2, 0) is 10.0 Å². The van der Waals surface area contributed by atoms with Crippen LogP contribution in [-0.4, -0.2) is 30.0 Å². The molecule has 2 aromatic carbocycles. The van der Waals surface area contributed by atoms with E-state index in [0.717, 1.165) is 49.0 Å². The Morgan fingerprint density at radius 1 is 1.06 bits per heavy atom. The van der Waals surface area contributed by atoms with E-state index < -0.39 is 16.0 Å². The number of carboxylic acids is 1. The van der Waals surface area contributed by atoms with E-state index >= 15 is 0 Å². The van der Waals surface area contributed by atoms with E-state index in [9.17, 15) is 18.3 Å². The standard InChI is InChI=1S/C24H24N2O5S2/c27-24(28)17-7-9-19(15-5-6-15)23(14-17)33(29,30)26-20-13-16(22-11-12-25-32-22)8-10-21(20)31-18-3-1-2-4-18/h7-15,18,26H,1-6H2,(H,27,28). The molecule has 0 spiro atoms. The molecule has 2 N–H and O–H groups in total. The molecule has 33 heavy (non-hydrogen) atoms. The topological polar surface area (TPSA) is 106 Å². The molecule has 7 nitrogen and oxygen atoms in total. The Kier molecular flexibility index (Phi) is 5.84. The third-order valence-electron chi connectivity index (χ3n) is 6.11. The molecule has 2 aliphatic carbocycles. The molecule has 2 saturated carbocycles. The second-order valence-electron chi connectivity index (χ2n) is 8.55. The molecule has 0 saturated heterocycles. The van der Waals surface area contributed by atoms with Crippen LogP contribution in [0.4, 0.5) is 5.69 Å². The predicted octanol–water partition coefficient (Wildman–Crippen LogP) is 5.51. The quantitative estimate of drug-likeness (QED) is 0.437. The fourth-order valence-corrected chi connectivity index (χ4v) is 6.22. The molecule has 2 aliphatic rings. The second-order valence-corrected chi connectivity index (χ2v) is 11.0. The summed E-state index contributed by atoms with van der Waals surface area (Å²) in [6.45, 7) is 0. The van der Waals surface area contributed by atoms with E-state index in [1.807, 2.05) is 12.1 Å². The largest absolute Gasteiger partial charge is 0.488 e. The average Bonchev–Trinajstić information content (AvgIpc) is 3.25. The zero-order valence-corrected chi connectivity index (χ0v) is 19.5. The lowest BCUT2D eigenvalue weighted by Crippen LogP contribution is -2.18. The molecule has 0 radical (unpaired) electrons. The van der Waals surface area contributed by atoms with Crippen LogP contribution in [0.3, 0.4) is 0 Å². The van der Waals surface area contributed by atoms with Gasteiger partial charge < -0.3 is 9.84 Å². The summed E-state index contributed by atoms with van der Waals surface area (Å²) in [5.74, 6) is -0.551. The van der Waals surface area contributed by atoms with Gasteiger partial charge in [-0.25, -0.2) is 17.6 Å². The zero-order valence-electron chi connectivity index (χ0n) is 17.9. The van der Waals surface area contributed by atoms with Crippen molar-refractivity contribution in [2.45, 2.75) is 55.4 Å². The first kappa shape index (κ1) is 21.9. The average molecular weight is 485 g/mol. The molecule has 1 aromatic heterocycles. The Morgan fingerprint density at radius 2 is 1.85 bits per heavy atom. The van der Waals surface area contributed by atoms with Crippen molar-refractivity contribution in [1.29, 1.82) is 0 Å². The highest BCUT2D eigenvalue weighted by Crippen LogP contribution is 2.44. The highest BCUT2D eigenvalue weighted by atomic mass is 32.2. The van der Waals surface area contributed by atoms with Crippen LogP contribution in [0, 0.1) is 0 Å². The highest BCUT2D eigenvalue weighted by molar-refractivity contribution is 7.92. The summed E-state index contributed by atoms with van der Waals surface area (Å²) < 4.78 is 40.1. The highest BCUT2D eigenvalue weighted by Gasteiger charge is 2.32. The van der Waals surface area contributed by atoms with Crippen LogP contribution < -0.4 is 9.46 Å². The molecule has 2 fully saturated rings. The molecule has 172 valence electrons. The summed E-state index contributed by atoms with van der Waals surface area (Å²) in [6, 6.07) is 11.7. The molecule has 0 unspecified atom stereocenters. The van der Waals surface area contributed by atoms with Gasteiger partial charge >= 0.3 is 5.97 Å². The fraction of sp³-hybridized carbons (Fsp3) is 0.333. The van der Waals surface area contributed by atoms with Crippen molar-refractivity contribution in [1.82, 2.24) is 4.37 Å². The van der Waals surface area contributed by atoms with Gasteiger partial charge in [-0.05, 0) is 104 Å². The first-order chi connectivity index (χ1) is 15.9. The van der Waals surface area contributed by atoms with Gasteiger partial charge in [-0.3, -0.25) is 4.72 Å². The van der Waals surface area contributed by atoms with Gasteiger partial charge in [0.2, 0.25) is 0 Å². The number of hydrogen-bond acceptors (Lipinski definition) is 6. The van der Waals surface area contributed by atoms with Crippen LogP contribution in [0.1, 0.15) is 60.4 Å². The number of benzene rings is 2. The first-order valence-electron chi connectivity index (χ1n) is 11.0. The Hall–Kier alpha value is -2.91. The summed E-state index contributed by atoms with van der Waals surface area (Å²) in [6.07, 6.45) is 7.61. The number of carbonyl (C=O) groups is 1. The van der Waals surface area contributed by atoms with Gasteiger partial charge in [-0.1, -0.05) is 6.07 Å². The molecule has 5 rings (SSSR count). The minimum atomic E-state index is -4.05. The van der Waals surface area contributed by atoms with Crippen LogP contribution in [0.25, 0.3) is 10.4 Å².